The van der Waals surface area contributed by atoms with Crippen LogP contribution in [0.5, 0.6) is 0 Å². The summed E-state index contributed by atoms with van der Waals surface area (Å²) in [6.07, 6.45) is 4.45. The van der Waals surface area contributed by atoms with E-state index in [4.69, 9.17) is 0 Å². The van der Waals surface area contributed by atoms with Crippen LogP contribution in [0, 0.1) is 0 Å². The molecule has 0 unspecified atom stereocenters. The van der Waals surface area contributed by atoms with Crippen molar-refractivity contribution >= 4 is 23.6 Å². The highest BCUT2D eigenvalue weighted by atomic mass is 32.2. The molecular weight excluding hydrogens is 322 g/mol. The van der Waals surface area contributed by atoms with Crippen molar-refractivity contribution in [1.29, 1.82) is 0 Å². The standard InChI is InChI=1S/C18H27N3O2S/c1-14(24-2)17(22)20-13-15-5-7-16(8-6-15)18(23)19-9-12-21-10-3-4-11-21/h5-8,14H,3-4,9-13H2,1-2H3,(H,19,23)(H,20,22)/t14-/m0/s1. The summed E-state index contributed by atoms with van der Waals surface area (Å²) in [6, 6.07) is 7.40. The van der Waals surface area contributed by atoms with Crippen LogP contribution in [0.25, 0.3) is 0 Å². The minimum absolute atomic E-state index is 0.0335. The minimum atomic E-state index is -0.0503. The number of hydrogen-bond donors (Lipinski definition) is 2. The summed E-state index contributed by atoms with van der Waals surface area (Å²) in [7, 11) is 0. The molecule has 1 aromatic rings. The SMILES string of the molecule is CS[C@@H](C)C(=O)NCc1ccc(C(=O)NCCN2CCCC2)cc1. The number of likely N-dealkylation sites (tertiary alicyclic amines) is 1. The van der Waals surface area contributed by atoms with E-state index in [1.807, 2.05) is 37.4 Å². The molecule has 132 valence electrons. The van der Waals surface area contributed by atoms with Gasteiger partial charge in [-0.15, -0.1) is 0 Å². The van der Waals surface area contributed by atoms with Gasteiger partial charge in [-0.05, 0) is 56.8 Å². The molecule has 5 nitrogen and oxygen atoms in total. The Morgan fingerprint density at radius 3 is 2.46 bits per heavy atom. The summed E-state index contributed by atoms with van der Waals surface area (Å²) in [6.45, 7) is 6.26. The molecule has 2 amide bonds. The number of carbonyl (C=O) groups is 2. The molecule has 1 aliphatic rings. The summed E-state index contributed by atoms with van der Waals surface area (Å²) >= 11 is 1.52. The van der Waals surface area contributed by atoms with Gasteiger partial charge in [0.2, 0.25) is 5.91 Å². The van der Waals surface area contributed by atoms with Crippen LogP contribution in [0.15, 0.2) is 24.3 Å². The van der Waals surface area contributed by atoms with Gasteiger partial charge in [0.15, 0.2) is 0 Å². The number of nitrogens with one attached hydrogen (secondary N) is 2. The molecule has 0 bridgehead atoms. The number of thioether (sulfide) groups is 1. The molecule has 1 heterocycles. The molecule has 1 fully saturated rings. The minimum Gasteiger partial charge on any atom is -0.351 e. The van der Waals surface area contributed by atoms with Crippen molar-refractivity contribution in [2.24, 2.45) is 0 Å². The fourth-order valence-corrected chi connectivity index (χ4v) is 2.95. The average Bonchev–Trinajstić information content (AvgIpc) is 3.12. The molecule has 0 saturated carbocycles. The van der Waals surface area contributed by atoms with Crippen molar-refractivity contribution in [2.45, 2.75) is 31.6 Å². The quantitative estimate of drug-likeness (QED) is 0.752. The van der Waals surface area contributed by atoms with E-state index in [1.165, 1.54) is 24.6 Å². The van der Waals surface area contributed by atoms with Crippen molar-refractivity contribution < 1.29 is 9.59 Å². The predicted octanol–water partition coefficient (Wildman–Crippen LogP) is 1.88. The normalized spacial score (nSPS) is 15.9. The molecular formula is C18H27N3O2S. The zero-order valence-electron chi connectivity index (χ0n) is 14.5. The lowest BCUT2D eigenvalue weighted by Gasteiger charge is -2.14. The second-order valence-corrected chi connectivity index (χ2v) is 7.28. The Morgan fingerprint density at radius 1 is 1.17 bits per heavy atom. The fourth-order valence-electron chi connectivity index (χ4n) is 2.65. The van der Waals surface area contributed by atoms with Crippen LogP contribution in [0.2, 0.25) is 0 Å². The van der Waals surface area contributed by atoms with Crippen LogP contribution in [-0.4, -0.2) is 54.4 Å². The monoisotopic (exact) mass is 349 g/mol. The van der Waals surface area contributed by atoms with E-state index in [2.05, 4.69) is 15.5 Å². The van der Waals surface area contributed by atoms with E-state index in [9.17, 15) is 9.59 Å². The van der Waals surface area contributed by atoms with Crippen molar-refractivity contribution in [3.63, 3.8) is 0 Å². The maximum absolute atomic E-state index is 12.1. The molecule has 2 N–H and O–H groups in total. The first-order valence-electron chi connectivity index (χ1n) is 8.50. The van der Waals surface area contributed by atoms with Crippen LogP contribution in [0.1, 0.15) is 35.7 Å². The van der Waals surface area contributed by atoms with E-state index in [0.29, 0.717) is 18.7 Å². The Hall–Kier alpha value is -1.53. The van der Waals surface area contributed by atoms with Gasteiger partial charge in [0.1, 0.15) is 0 Å². The summed E-state index contributed by atoms with van der Waals surface area (Å²) < 4.78 is 0. The first-order valence-corrected chi connectivity index (χ1v) is 9.79. The zero-order chi connectivity index (χ0) is 17.4. The van der Waals surface area contributed by atoms with E-state index >= 15 is 0 Å². The second-order valence-electron chi connectivity index (χ2n) is 6.10. The van der Waals surface area contributed by atoms with Crippen LogP contribution in [0.4, 0.5) is 0 Å². The maximum atomic E-state index is 12.1. The highest BCUT2D eigenvalue weighted by molar-refractivity contribution is 7.99. The van der Waals surface area contributed by atoms with E-state index < -0.39 is 0 Å². The summed E-state index contributed by atoms with van der Waals surface area (Å²) in [5, 5.41) is 5.81. The molecule has 0 radical (unpaired) electrons. The molecule has 0 aromatic heterocycles. The van der Waals surface area contributed by atoms with Crippen LogP contribution < -0.4 is 10.6 Å². The Kier molecular flexibility index (Phi) is 7.59. The van der Waals surface area contributed by atoms with Gasteiger partial charge in [-0.2, -0.15) is 11.8 Å². The Balaban J connectivity index is 1.73. The largest absolute Gasteiger partial charge is 0.351 e. The van der Waals surface area contributed by atoms with Crippen LogP contribution in [-0.2, 0) is 11.3 Å². The van der Waals surface area contributed by atoms with E-state index in [1.54, 1.807) is 0 Å². The van der Waals surface area contributed by atoms with Gasteiger partial charge in [-0.1, -0.05) is 12.1 Å². The van der Waals surface area contributed by atoms with Crippen LogP contribution in [0.3, 0.4) is 0 Å². The molecule has 0 aliphatic carbocycles. The third-order valence-corrected chi connectivity index (χ3v) is 5.24. The zero-order valence-corrected chi connectivity index (χ0v) is 15.3. The van der Waals surface area contributed by atoms with E-state index in [-0.39, 0.29) is 17.1 Å². The summed E-state index contributed by atoms with van der Waals surface area (Å²) in [4.78, 5) is 26.2. The number of nitrogens with zero attached hydrogens (tertiary/aromatic N) is 1. The van der Waals surface area contributed by atoms with Crippen molar-refractivity contribution in [3.8, 4) is 0 Å². The van der Waals surface area contributed by atoms with Crippen LogP contribution >= 0.6 is 11.8 Å². The van der Waals surface area contributed by atoms with Gasteiger partial charge in [-0.3, -0.25) is 9.59 Å². The maximum Gasteiger partial charge on any atom is 0.251 e. The highest BCUT2D eigenvalue weighted by Crippen LogP contribution is 2.08. The van der Waals surface area contributed by atoms with Gasteiger partial charge < -0.3 is 15.5 Å². The van der Waals surface area contributed by atoms with Gasteiger partial charge in [0.05, 0.1) is 5.25 Å². The lowest BCUT2D eigenvalue weighted by molar-refractivity contribution is -0.120. The van der Waals surface area contributed by atoms with Crippen molar-refractivity contribution in [2.75, 3.05) is 32.4 Å². The molecule has 1 aliphatic heterocycles. The van der Waals surface area contributed by atoms with Gasteiger partial charge in [-0.25, -0.2) is 0 Å². The third kappa shape index (κ3) is 5.83. The number of amides is 2. The smallest absolute Gasteiger partial charge is 0.251 e. The molecule has 6 heteroatoms. The van der Waals surface area contributed by atoms with Crippen molar-refractivity contribution in [1.82, 2.24) is 15.5 Å². The third-order valence-electron chi connectivity index (χ3n) is 4.32. The lowest BCUT2D eigenvalue weighted by atomic mass is 10.1. The average molecular weight is 350 g/mol. The first kappa shape index (κ1) is 18.8. The summed E-state index contributed by atoms with van der Waals surface area (Å²) in [5.74, 6) is -0.00739. The predicted molar refractivity (Wildman–Crippen MR) is 99.3 cm³/mol. The Morgan fingerprint density at radius 2 is 1.83 bits per heavy atom. The Bertz CT molecular complexity index is 542. The number of carbonyl (C=O) groups excluding carboxylic acids is 2. The Labute approximate surface area is 148 Å². The first-order chi connectivity index (χ1) is 11.6. The molecule has 24 heavy (non-hydrogen) atoms. The van der Waals surface area contributed by atoms with Gasteiger partial charge in [0, 0.05) is 25.2 Å². The topological polar surface area (TPSA) is 61.4 Å². The summed E-state index contributed by atoms with van der Waals surface area (Å²) in [5.41, 5.74) is 1.65. The molecule has 1 aromatic carbocycles. The van der Waals surface area contributed by atoms with Gasteiger partial charge >= 0.3 is 0 Å². The lowest BCUT2D eigenvalue weighted by Crippen LogP contribution is -2.33. The number of rotatable bonds is 8. The number of benzene rings is 1. The van der Waals surface area contributed by atoms with Crippen molar-refractivity contribution in [3.05, 3.63) is 35.4 Å². The van der Waals surface area contributed by atoms with E-state index in [0.717, 1.165) is 25.2 Å². The highest BCUT2D eigenvalue weighted by Gasteiger charge is 2.12. The number of hydrogen-bond acceptors (Lipinski definition) is 4. The fraction of sp³-hybridized carbons (Fsp3) is 0.556. The molecule has 2 rings (SSSR count). The van der Waals surface area contributed by atoms with Gasteiger partial charge in [0.25, 0.3) is 5.91 Å². The molecule has 0 spiro atoms. The second kappa shape index (κ2) is 9.69. The molecule has 1 saturated heterocycles. The molecule has 1 atom stereocenters.